The number of nitrogens with zero attached hydrogens (tertiary/aromatic N) is 3. The Morgan fingerprint density at radius 1 is 1.08 bits per heavy atom. The lowest BCUT2D eigenvalue weighted by Gasteiger charge is -2.24. The van der Waals surface area contributed by atoms with Crippen molar-refractivity contribution in [3.63, 3.8) is 0 Å². The van der Waals surface area contributed by atoms with Crippen LogP contribution >= 0.6 is 0 Å². The van der Waals surface area contributed by atoms with Gasteiger partial charge in [-0.2, -0.15) is 0 Å². The second-order valence-electron chi connectivity index (χ2n) is 7.47. The number of nitrogens with one attached hydrogen (secondary N) is 1. The summed E-state index contributed by atoms with van der Waals surface area (Å²) in [6.07, 6.45) is 6.30. The molecule has 1 aliphatic rings. The molecule has 0 aliphatic heterocycles. The van der Waals surface area contributed by atoms with E-state index in [1.807, 2.05) is 12.3 Å². The molecule has 0 saturated heterocycles. The van der Waals surface area contributed by atoms with Gasteiger partial charge < -0.3 is 16.8 Å². The van der Waals surface area contributed by atoms with E-state index >= 15 is 0 Å². The number of aryl methyl sites for hydroxylation is 2. The Bertz CT molecular complexity index is 937. The van der Waals surface area contributed by atoms with Crippen LogP contribution in [0.15, 0.2) is 30.5 Å². The number of hydrogen-bond acceptors (Lipinski definition) is 5. The minimum Gasteiger partial charge on any atom is -0.382 e. The van der Waals surface area contributed by atoms with Crippen LogP contribution in [0.5, 0.6) is 0 Å². The van der Waals surface area contributed by atoms with Gasteiger partial charge in [0.05, 0.1) is 17.6 Å². The molecule has 0 unspecified atom stereocenters. The summed E-state index contributed by atoms with van der Waals surface area (Å²) in [7, 11) is 0. The van der Waals surface area contributed by atoms with E-state index in [0.717, 1.165) is 48.4 Å². The SMILES string of the molecule is Cc1ccc(C)c(Nc2cc(N)nn3cc([C@H]4CC[C@H](N)CC4)nc23)c1. The number of nitrogens with two attached hydrogens (primary N) is 2. The average Bonchev–Trinajstić information content (AvgIpc) is 3.03. The van der Waals surface area contributed by atoms with Crippen LogP contribution < -0.4 is 16.8 Å². The normalized spacial score (nSPS) is 20.4. The molecule has 0 radical (unpaired) electrons. The summed E-state index contributed by atoms with van der Waals surface area (Å²) in [6, 6.07) is 8.54. The molecule has 2 aromatic heterocycles. The van der Waals surface area contributed by atoms with Crippen LogP contribution in [-0.2, 0) is 0 Å². The second kappa shape index (κ2) is 6.61. The maximum absolute atomic E-state index is 6.04. The number of rotatable bonds is 3. The van der Waals surface area contributed by atoms with Gasteiger partial charge in [0.2, 0.25) is 0 Å². The molecule has 1 aliphatic carbocycles. The van der Waals surface area contributed by atoms with Crippen molar-refractivity contribution in [2.24, 2.45) is 5.73 Å². The van der Waals surface area contributed by atoms with E-state index in [2.05, 4.69) is 42.5 Å². The molecule has 0 bridgehead atoms. The fourth-order valence-corrected chi connectivity index (χ4v) is 3.73. The molecule has 136 valence electrons. The summed E-state index contributed by atoms with van der Waals surface area (Å²) in [5.41, 5.74) is 18.3. The molecule has 5 N–H and O–H groups in total. The molecule has 1 saturated carbocycles. The first-order valence-electron chi connectivity index (χ1n) is 9.25. The van der Waals surface area contributed by atoms with Crippen LogP contribution in [0, 0.1) is 13.8 Å². The third-order valence-electron chi connectivity index (χ3n) is 5.32. The third kappa shape index (κ3) is 3.24. The summed E-state index contributed by atoms with van der Waals surface area (Å²) in [5.74, 6) is 0.922. The van der Waals surface area contributed by atoms with Gasteiger partial charge in [0, 0.05) is 23.7 Å². The van der Waals surface area contributed by atoms with Gasteiger partial charge >= 0.3 is 0 Å². The van der Waals surface area contributed by atoms with Crippen molar-refractivity contribution in [1.29, 1.82) is 0 Å². The number of benzene rings is 1. The zero-order chi connectivity index (χ0) is 18.3. The van der Waals surface area contributed by atoms with Crippen LogP contribution in [0.3, 0.4) is 0 Å². The van der Waals surface area contributed by atoms with Gasteiger partial charge in [-0.05, 0) is 56.7 Å². The number of hydrogen-bond donors (Lipinski definition) is 3. The van der Waals surface area contributed by atoms with E-state index in [1.165, 1.54) is 11.1 Å². The van der Waals surface area contributed by atoms with Crippen molar-refractivity contribution in [2.75, 3.05) is 11.1 Å². The highest BCUT2D eigenvalue weighted by Gasteiger charge is 2.23. The molecule has 0 spiro atoms. The van der Waals surface area contributed by atoms with Crippen LogP contribution in [0.1, 0.15) is 48.4 Å². The lowest BCUT2D eigenvalue weighted by atomic mass is 9.85. The monoisotopic (exact) mass is 350 g/mol. The molecule has 1 fully saturated rings. The zero-order valence-corrected chi connectivity index (χ0v) is 15.4. The number of imidazole rings is 1. The molecule has 1 aromatic carbocycles. The Balaban J connectivity index is 1.71. The highest BCUT2D eigenvalue weighted by molar-refractivity contribution is 5.77. The van der Waals surface area contributed by atoms with Crippen LogP contribution in [0.2, 0.25) is 0 Å². The summed E-state index contributed by atoms with van der Waals surface area (Å²) in [4.78, 5) is 4.89. The lowest BCUT2D eigenvalue weighted by Crippen LogP contribution is -2.25. The average molecular weight is 350 g/mol. The van der Waals surface area contributed by atoms with Gasteiger partial charge in [-0.3, -0.25) is 0 Å². The van der Waals surface area contributed by atoms with Crippen LogP contribution in [-0.4, -0.2) is 20.6 Å². The van der Waals surface area contributed by atoms with Crippen molar-refractivity contribution >= 4 is 22.8 Å². The maximum atomic E-state index is 6.04. The van der Waals surface area contributed by atoms with E-state index < -0.39 is 0 Å². The van der Waals surface area contributed by atoms with Crippen LogP contribution in [0.25, 0.3) is 5.65 Å². The first-order valence-corrected chi connectivity index (χ1v) is 9.25. The molecule has 26 heavy (non-hydrogen) atoms. The molecule has 2 heterocycles. The predicted molar refractivity (Wildman–Crippen MR) is 106 cm³/mol. The molecule has 3 aromatic rings. The number of anilines is 3. The first kappa shape index (κ1) is 16.8. The zero-order valence-electron chi connectivity index (χ0n) is 15.4. The topological polar surface area (TPSA) is 94.3 Å². The highest BCUT2D eigenvalue weighted by atomic mass is 15.3. The fraction of sp³-hybridized carbons (Fsp3) is 0.400. The van der Waals surface area contributed by atoms with Gasteiger partial charge in [-0.1, -0.05) is 12.1 Å². The minimum atomic E-state index is 0.332. The fourth-order valence-electron chi connectivity index (χ4n) is 3.73. The van der Waals surface area contributed by atoms with Crippen molar-refractivity contribution in [2.45, 2.75) is 51.5 Å². The van der Waals surface area contributed by atoms with Gasteiger partial charge in [0.1, 0.15) is 5.82 Å². The number of nitrogen functional groups attached to an aromatic ring is 1. The van der Waals surface area contributed by atoms with Gasteiger partial charge in [0.15, 0.2) is 5.65 Å². The van der Waals surface area contributed by atoms with E-state index in [1.54, 1.807) is 4.52 Å². The van der Waals surface area contributed by atoms with Crippen molar-refractivity contribution in [3.8, 4) is 0 Å². The van der Waals surface area contributed by atoms with Gasteiger partial charge in [0.25, 0.3) is 0 Å². The Morgan fingerprint density at radius 3 is 2.62 bits per heavy atom. The Kier molecular flexibility index (Phi) is 4.28. The Hall–Kier alpha value is -2.60. The van der Waals surface area contributed by atoms with Crippen molar-refractivity contribution in [3.05, 3.63) is 47.3 Å². The second-order valence-corrected chi connectivity index (χ2v) is 7.47. The smallest absolute Gasteiger partial charge is 0.177 e. The molecule has 6 nitrogen and oxygen atoms in total. The molecule has 0 atom stereocenters. The van der Waals surface area contributed by atoms with E-state index in [4.69, 9.17) is 16.5 Å². The van der Waals surface area contributed by atoms with Crippen molar-refractivity contribution < 1.29 is 0 Å². The molecular weight excluding hydrogens is 324 g/mol. The largest absolute Gasteiger partial charge is 0.382 e. The van der Waals surface area contributed by atoms with Gasteiger partial charge in [-0.15, -0.1) is 5.10 Å². The summed E-state index contributed by atoms with van der Waals surface area (Å²) >= 11 is 0. The van der Waals surface area contributed by atoms with Crippen LogP contribution in [0.4, 0.5) is 17.2 Å². The predicted octanol–water partition coefficient (Wildman–Crippen LogP) is 3.66. The van der Waals surface area contributed by atoms with E-state index in [0.29, 0.717) is 17.8 Å². The highest BCUT2D eigenvalue weighted by Crippen LogP contribution is 2.33. The number of fused-ring (bicyclic) bond motifs is 1. The summed E-state index contributed by atoms with van der Waals surface area (Å²) < 4.78 is 1.80. The summed E-state index contributed by atoms with van der Waals surface area (Å²) in [5, 5.41) is 7.91. The standard InChI is InChI=1S/C20H26N6/c1-12-3-4-13(2)16(9-12)23-17-10-19(22)25-26-11-18(24-20(17)26)14-5-7-15(21)8-6-14/h3-4,9-11,14-15,23H,5-8,21H2,1-2H3,(H2,22,25)/t14-,15-. The molecule has 4 rings (SSSR count). The number of aromatic nitrogens is 3. The van der Waals surface area contributed by atoms with Crippen molar-refractivity contribution in [1.82, 2.24) is 14.6 Å². The van der Waals surface area contributed by atoms with E-state index in [9.17, 15) is 0 Å². The first-order chi connectivity index (χ1) is 12.5. The molecule has 6 heteroatoms. The lowest BCUT2D eigenvalue weighted by molar-refractivity contribution is 0.391. The maximum Gasteiger partial charge on any atom is 0.177 e. The Labute approximate surface area is 153 Å². The molecular formula is C20H26N6. The van der Waals surface area contributed by atoms with Gasteiger partial charge in [-0.25, -0.2) is 9.50 Å². The summed E-state index contributed by atoms with van der Waals surface area (Å²) in [6.45, 7) is 4.17. The molecule has 0 amide bonds. The Morgan fingerprint density at radius 2 is 1.85 bits per heavy atom. The van der Waals surface area contributed by atoms with E-state index in [-0.39, 0.29) is 0 Å². The third-order valence-corrected chi connectivity index (χ3v) is 5.32. The quantitative estimate of drug-likeness (QED) is 0.670. The minimum absolute atomic E-state index is 0.332.